The van der Waals surface area contributed by atoms with Crippen molar-refractivity contribution in [2.75, 3.05) is 20.2 Å². The van der Waals surface area contributed by atoms with E-state index < -0.39 is 0 Å². The second-order valence-electron chi connectivity index (χ2n) is 4.89. The summed E-state index contributed by atoms with van der Waals surface area (Å²) < 4.78 is 4.83. The molecule has 0 fully saturated rings. The molecule has 4 nitrogen and oxygen atoms in total. The summed E-state index contributed by atoms with van der Waals surface area (Å²) in [5.41, 5.74) is 0. The summed E-state index contributed by atoms with van der Waals surface area (Å²) in [5.74, 6) is -0.110. The lowest BCUT2D eigenvalue weighted by molar-refractivity contribution is -0.143. The predicted octanol–water partition coefficient (Wildman–Crippen LogP) is 3.15. The zero-order chi connectivity index (χ0) is 14.5. The molecule has 19 heavy (non-hydrogen) atoms. The van der Waals surface area contributed by atoms with Crippen molar-refractivity contribution in [2.24, 2.45) is 0 Å². The fourth-order valence-electron chi connectivity index (χ4n) is 1.86. The van der Waals surface area contributed by atoms with Crippen LogP contribution in [0, 0.1) is 0 Å². The standard InChI is InChI=1S/C15H29NO3/c1-4-6-7-8-9-10-11-14(17)16(3)13-12-15(18)19-5-2/h4-13H2,1-3H3. The highest BCUT2D eigenvalue weighted by atomic mass is 16.5. The summed E-state index contributed by atoms with van der Waals surface area (Å²) in [6.07, 6.45) is 7.96. The number of hydrogen-bond acceptors (Lipinski definition) is 3. The molecule has 0 unspecified atom stereocenters. The van der Waals surface area contributed by atoms with Crippen LogP contribution in [0.1, 0.15) is 65.2 Å². The maximum atomic E-state index is 11.8. The van der Waals surface area contributed by atoms with Crippen LogP contribution in [-0.2, 0) is 14.3 Å². The molecule has 0 aromatic rings. The van der Waals surface area contributed by atoms with Crippen LogP contribution in [0.4, 0.5) is 0 Å². The van der Waals surface area contributed by atoms with Gasteiger partial charge in [-0.25, -0.2) is 0 Å². The molecular formula is C15H29NO3. The number of rotatable bonds is 11. The van der Waals surface area contributed by atoms with E-state index in [4.69, 9.17) is 4.74 Å². The Bertz CT molecular complexity index is 254. The first-order valence-corrected chi connectivity index (χ1v) is 7.51. The second-order valence-corrected chi connectivity index (χ2v) is 4.89. The topological polar surface area (TPSA) is 46.6 Å². The molecule has 0 rings (SSSR count). The van der Waals surface area contributed by atoms with Crippen molar-refractivity contribution in [1.29, 1.82) is 0 Å². The van der Waals surface area contributed by atoms with Gasteiger partial charge in [0.25, 0.3) is 0 Å². The molecule has 0 N–H and O–H groups in total. The quantitative estimate of drug-likeness (QED) is 0.428. The lowest BCUT2D eigenvalue weighted by Crippen LogP contribution is -2.29. The van der Waals surface area contributed by atoms with E-state index in [0.29, 0.717) is 19.6 Å². The Morgan fingerprint density at radius 2 is 1.58 bits per heavy atom. The molecule has 4 heteroatoms. The number of hydrogen-bond donors (Lipinski definition) is 0. The van der Waals surface area contributed by atoms with Crippen LogP contribution in [0.5, 0.6) is 0 Å². The van der Waals surface area contributed by atoms with Gasteiger partial charge < -0.3 is 9.64 Å². The zero-order valence-electron chi connectivity index (χ0n) is 12.7. The first kappa shape index (κ1) is 17.9. The van der Waals surface area contributed by atoms with Crippen LogP contribution in [0.15, 0.2) is 0 Å². The monoisotopic (exact) mass is 271 g/mol. The fourth-order valence-corrected chi connectivity index (χ4v) is 1.86. The van der Waals surface area contributed by atoms with Crippen molar-refractivity contribution in [2.45, 2.75) is 65.2 Å². The van der Waals surface area contributed by atoms with E-state index in [-0.39, 0.29) is 18.3 Å². The molecule has 0 spiro atoms. The van der Waals surface area contributed by atoms with Crippen molar-refractivity contribution in [1.82, 2.24) is 4.90 Å². The largest absolute Gasteiger partial charge is 0.466 e. The van der Waals surface area contributed by atoms with Crippen LogP contribution in [0.3, 0.4) is 0 Å². The minimum absolute atomic E-state index is 0.125. The highest BCUT2D eigenvalue weighted by molar-refractivity contribution is 5.76. The number of nitrogens with zero attached hydrogens (tertiary/aromatic N) is 1. The van der Waals surface area contributed by atoms with Gasteiger partial charge >= 0.3 is 5.97 Å². The molecule has 0 aromatic carbocycles. The van der Waals surface area contributed by atoms with E-state index in [2.05, 4.69) is 6.92 Å². The van der Waals surface area contributed by atoms with E-state index >= 15 is 0 Å². The number of ether oxygens (including phenoxy) is 1. The van der Waals surface area contributed by atoms with Crippen molar-refractivity contribution < 1.29 is 14.3 Å². The second kappa shape index (κ2) is 12.0. The van der Waals surface area contributed by atoms with Crippen molar-refractivity contribution in [3.63, 3.8) is 0 Å². The van der Waals surface area contributed by atoms with E-state index in [9.17, 15) is 9.59 Å². The van der Waals surface area contributed by atoms with E-state index in [1.807, 2.05) is 0 Å². The first-order chi connectivity index (χ1) is 9.11. The average Bonchev–Trinajstić information content (AvgIpc) is 2.40. The zero-order valence-corrected chi connectivity index (χ0v) is 12.7. The molecule has 0 radical (unpaired) electrons. The highest BCUT2D eigenvalue weighted by Gasteiger charge is 2.10. The molecule has 112 valence electrons. The third-order valence-electron chi connectivity index (χ3n) is 3.13. The average molecular weight is 271 g/mol. The Kier molecular flexibility index (Phi) is 11.3. The molecule has 0 heterocycles. The van der Waals surface area contributed by atoms with Gasteiger partial charge in [-0.1, -0.05) is 39.0 Å². The molecule has 0 aliphatic heterocycles. The van der Waals surface area contributed by atoms with Gasteiger partial charge in [-0.05, 0) is 13.3 Å². The van der Waals surface area contributed by atoms with Crippen molar-refractivity contribution in [3.8, 4) is 0 Å². The highest BCUT2D eigenvalue weighted by Crippen LogP contribution is 2.08. The van der Waals surface area contributed by atoms with Gasteiger partial charge in [0.2, 0.25) is 5.91 Å². The smallest absolute Gasteiger partial charge is 0.307 e. The van der Waals surface area contributed by atoms with Crippen LogP contribution in [0.2, 0.25) is 0 Å². The van der Waals surface area contributed by atoms with Crippen molar-refractivity contribution >= 4 is 11.9 Å². The molecule has 0 bridgehead atoms. The third kappa shape index (κ3) is 10.5. The summed E-state index contributed by atoms with van der Waals surface area (Å²) in [6, 6.07) is 0. The van der Waals surface area contributed by atoms with Gasteiger partial charge in [0.1, 0.15) is 0 Å². The number of carbonyl (C=O) groups is 2. The van der Waals surface area contributed by atoms with Gasteiger partial charge in [0, 0.05) is 20.0 Å². The summed E-state index contributed by atoms with van der Waals surface area (Å²) in [7, 11) is 1.75. The molecule has 0 saturated heterocycles. The molecule has 0 saturated carbocycles. The van der Waals surface area contributed by atoms with Gasteiger partial charge in [-0.3, -0.25) is 9.59 Å². The molecule has 1 amide bonds. The van der Waals surface area contributed by atoms with Crippen LogP contribution in [-0.4, -0.2) is 37.0 Å². The minimum atomic E-state index is -0.235. The fraction of sp³-hybridized carbons (Fsp3) is 0.867. The molecule has 0 aliphatic rings. The summed E-state index contributed by atoms with van der Waals surface area (Å²) in [4.78, 5) is 24.6. The minimum Gasteiger partial charge on any atom is -0.466 e. The maximum Gasteiger partial charge on any atom is 0.307 e. The van der Waals surface area contributed by atoms with E-state index in [1.165, 1.54) is 25.7 Å². The summed E-state index contributed by atoms with van der Waals surface area (Å²) in [6.45, 7) is 4.83. The molecule has 0 aromatic heterocycles. The summed E-state index contributed by atoms with van der Waals surface area (Å²) in [5, 5.41) is 0. The third-order valence-corrected chi connectivity index (χ3v) is 3.13. The van der Waals surface area contributed by atoms with Crippen LogP contribution >= 0.6 is 0 Å². The lowest BCUT2D eigenvalue weighted by Gasteiger charge is -2.16. The Labute approximate surface area is 117 Å². The number of esters is 1. The van der Waals surface area contributed by atoms with Gasteiger partial charge in [-0.2, -0.15) is 0 Å². The van der Waals surface area contributed by atoms with E-state index in [0.717, 1.165) is 12.8 Å². The maximum absolute atomic E-state index is 11.8. The van der Waals surface area contributed by atoms with Crippen LogP contribution in [0.25, 0.3) is 0 Å². The number of carbonyl (C=O) groups excluding carboxylic acids is 2. The summed E-state index contributed by atoms with van der Waals surface area (Å²) >= 11 is 0. The molecule has 0 aliphatic carbocycles. The number of unbranched alkanes of at least 4 members (excludes halogenated alkanes) is 5. The molecular weight excluding hydrogens is 242 g/mol. The Hall–Kier alpha value is -1.06. The predicted molar refractivity (Wildman–Crippen MR) is 76.9 cm³/mol. The Morgan fingerprint density at radius 3 is 2.21 bits per heavy atom. The first-order valence-electron chi connectivity index (χ1n) is 7.51. The van der Waals surface area contributed by atoms with Gasteiger partial charge in [0.15, 0.2) is 0 Å². The number of amides is 1. The van der Waals surface area contributed by atoms with Gasteiger partial charge in [-0.15, -0.1) is 0 Å². The Balaban J connectivity index is 3.56. The molecule has 0 atom stereocenters. The van der Waals surface area contributed by atoms with Crippen molar-refractivity contribution in [3.05, 3.63) is 0 Å². The Morgan fingerprint density at radius 1 is 0.947 bits per heavy atom. The lowest BCUT2D eigenvalue weighted by atomic mass is 10.1. The van der Waals surface area contributed by atoms with Gasteiger partial charge in [0.05, 0.1) is 13.0 Å². The van der Waals surface area contributed by atoms with Crippen LogP contribution < -0.4 is 0 Å². The van der Waals surface area contributed by atoms with E-state index in [1.54, 1.807) is 18.9 Å². The SMILES string of the molecule is CCCCCCCCC(=O)N(C)CCC(=O)OCC. The normalized spacial score (nSPS) is 10.3.